The van der Waals surface area contributed by atoms with E-state index in [1.54, 1.807) is 21.0 Å². The molecule has 0 spiro atoms. The van der Waals surface area contributed by atoms with E-state index in [1.165, 1.54) is 5.12 Å². The summed E-state index contributed by atoms with van der Waals surface area (Å²) in [4.78, 5) is 0. The highest BCUT2D eigenvalue weighted by molar-refractivity contribution is 5.78. The lowest BCUT2D eigenvalue weighted by Gasteiger charge is -2.16. The van der Waals surface area contributed by atoms with Gasteiger partial charge in [-0.05, 0) is 49.9 Å². The maximum Gasteiger partial charge on any atom is 0.216 e. The van der Waals surface area contributed by atoms with Crippen molar-refractivity contribution in [3.63, 3.8) is 0 Å². The third-order valence-electron chi connectivity index (χ3n) is 3.45. The van der Waals surface area contributed by atoms with Crippen molar-refractivity contribution in [1.82, 2.24) is 10.2 Å². The van der Waals surface area contributed by atoms with Gasteiger partial charge in [0.25, 0.3) is 0 Å². The highest BCUT2D eigenvalue weighted by Gasteiger charge is 2.09. The average Bonchev–Trinajstić information content (AvgIpc) is 2.96. The Morgan fingerprint density at radius 2 is 2.04 bits per heavy atom. The topological polar surface area (TPSA) is 116 Å². The smallest absolute Gasteiger partial charge is 0.216 e. The van der Waals surface area contributed by atoms with Crippen LogP contribution in [0.5, 0.6) is 5.75 Å². The molecule has 0 amide bonds. The molecule has 0 bridgehead atoms. The second-order valence-electron chi connectivity index (χ2n) is 5.50. The van der Waals surface area contributed by atoms with Crippen LogP contribution in [0.4, 0.5) is 5.69 Å². The van der Waals surface area contributed by atoms with Crippen molar-refractivity contribution in [1.29, 1.82) is 0 Å². The summed E-state index contributed by atoms with van der Waals surface area (Å²) in [7, 11) is 1.65. The largest absolute Gasteiger partial charge is 0.496 e. The van der Waals surface area contributed by atoms with E-state index in [-0.39, 0.29) is 0 Å². The summed E-state index contributed by atoms with van der Waals surface area (Å²) in [6.45, 7) is 3.47. The zero-order chi connectivity index (χ0) is 17.5. The molecule has 2 aromatic rings. The molecule has 130 valence electrons. The molecule has 24 heavy (non-hydrogen) atoms. The maximum atomic E-state index is 5.89. The number of hydrazine groups is 1. The van der Waals surface area contributed by atoms with Gasteiger partial charge in [-0.25, -0.2) is 5.84 Å². The van der Waals surface area contributed by atoms with Crippen LogP contribution in [0.1, 0.15) is 37.1 Å². The Hall–Kier alpha value is -2.61. The van der Waals surface area contributed by atoms with Crippen molar-refractivity contribution < 1.29 is 9.15 Å². The van der Waals surface area contributed by atoms with E-state index in [0.717, 1.165) is 42.7 Å². The molecular formula is C16H24N6O2. The van der Waals surface area contributed by atoms with E-state index in [2.05, 4.69) is 15.3 Å². The predicted molar refractivity (Wildman–Crippen MR) is 92.6 cm³/mol. The summed E-state index contributed by atoms with van der Waals surface area (Å²) >= 11 is 0. The van der Waals surface area contributed by atoms with Crippen LogP contribution >= 0.6 is 0 Å². The number of benzene rings is 1. The first-order chi connectivity index (χ1) is 11.5. The Kier molecular flexibility index (Phi) is 6.14. The highest BCUT2D eigenvalue weighted by atomic mass is 16.5. The fourth-order valence-electron chi connectivity index (χ4n) is 2.36. The van der Waals surface area contributed by atoms with Gasteiger partial charge in [-0.2, -0.15) is 5.12 Å². The molecule has 1 aromatic carbocycles. The van der Waals surface area contributed by atoms with Crippen LogP contribution in [0, 0.1) is 6.92 Å². The summed E-state index contributed by atoms with van der Waals surface area (Å²) < 4.78 is 10.8. The SMILES string of the molecule is COc1ccc(N(N)/N=C(/C)N)cc1CCCCc1nnc(C)o1. The van der Waals surface area contributed by atoms with Crippen LogP contribution in [0.15, 0.2) is 27.7 Å². The molecule has 0 saturated carbocycles. The number of hydrazone groups is 1. The van der Waals surface area contributed by atoms with E-state index in [9.17, 15) is 0 Å². The molecule has 8 nitrogen and oxygen atoms in total. The van der Waals surface area contributed by atoms with Gasteiger partial charge in [-0.1, -0.05) is 0 Å². The molecule has 0 aliphatic rings. The van der Waals surface area contributed by atoms with Gasteiger partial charge in [0.05, 0.1) is 12.8 Å². The van der Waals surface area contributed by atoms with Gasteiger partial charge in [-0.3, -0.25) is 0 Å². The monoisotopic (exact) mass is 332 g/mol. The minimum atomic E-state index is 0.393. The number of nitrogens with zero attached hydrogens (tertiary/aromatic N) is 4. The summed E-state index contributed by atoms with van der Waals surface area (Å²) in [6.07, 6.45) is 3.53. The molecule has 2 rings (SSSR count). The van der Waals surface area contributed by atoms with Crippen molar-refractivity contribution in [2.75, 3.05) is 12.2 Å². The standard InChI is InChI=1S/C16H24N6O2/c1-11(17)21-22(18)14-8-9-15(23-3)13(10-14)6-4-5-7-16-20-19-12(2)24-16/h8-10H,4-7,18H2,1-3H3,(H2,17,21). The molecular weight excluding hydrogens is 308 g/mol. The number of nitrogens with two attached hydrogens (primary N) is 2. The lowest BCUT2D eigenvalue weighted by Crippen LogP contribution is -2.27. The van der Waals surface area contributed by atoms with Crippen LogP contribution in [0.2, 0.25) is 0 Å². The van der Waals surface area contributed by atoms with Crippen molar-refractivity contribution in [2.45, 2.75) is 39.5 Å². The molecule has 8 heteroatoms. The minimum absolute atomic E-state index is 0.393. The van der Waals surface area contributed by atoms with E-state index in [4.69, 9.17) is 20.7 Å². The zero-order valence-electron chi connectivity index (χ0n) is 14.3. The van der Waals surface area contributed by atoms with Crippen molar-refractivity contribution in [2.24, 2.45) is 16.7 Å². The normalized spacial score (nSPS) is 11.6. The number of methoxy groups -OCH3 is 1. The molecule has 0 atom stereocenters. The fraction of sp³-hybridized carbons (Fsp3) is 0.438. The van der Waals surface area contributed by atoms with Crippen molar-refractivity contribution in [3.8, 4) is 5.75 Å². The quantitative estimate of drug-likeness (QED) is 0.249. The van der Waals surface area contributed by atoms with Gasteiger partial charge in [0, 0.05) is 13.3 Å². The molecule has 0 fully saturated rings. The molecule has 1 heterocycles. The summed E-state index contributed by atoms with van der Waals surface area (Å²) in [5, 5.41) is 13.1. The Balaban J connectivity index is 1.98. The molecule has 4 N–H and O–H groups in total. The van der Waals surface area contributed by atoms with Crippen LogP contribution in [-0.2, 0) is 12.8 Å². The molecule has 0 radical (unpaired) electrons. The molecule has 0 saturated heterocycles. The lowest BCUT2D eigenvalue weighted by molar-refractivity contribution is 0.408. The first kappa shape index (κ1) is 17.7. The van der Waals surface area contributed by atoms with E-state index < -0.39 is 0 Å². The average molecular weight is 332 g/mol. The van der Waals surface area contributed by atoms with Gasteiger partial charge in [-0.15, -0.1) is 15.3 Å². The van der Waals surface area contributed by atoms with Gasteiger partial charge in [0.15, 0.2) is 0 Å². The first-order valence-corrected chi connectivity index (χ1v) is 7.81. The molecule has 0 aliphatic carbocycles. The Bertz CT molecular complexity index is 694. The summed E-state index contributed by atoms with van der Waals surface area (Å²) in [6, 6.07) is 5.69. The zero-order valence-corrected chi connectivity index (χ0v) is 14.3. The predicted octanol–water partition coefficient (Wildman–Crippen LogP) is 1.92. The highest BCUT2D eigenvalue weighted by Crippen LogP contribution is 2.26. The third kappa shape index (κ3) is 4.95. The van der Waals surface area contributed by atoms with Gasteiger partial charge >= 0.3 is 0 Å². The van der Waals surface area contributed by atoms with Crippen LogP contribution in [0.3, 0.4) is 0 Å². The van der Waals surface area contributed by atoms with E-state index in [1.807, 2.05) is 18.2 Å². The van der Waals surface area contributed by atoms with Crippen molar-refractivity contribution in [3.05, 3.63) is 35.5 Å². The van der Waals surface area contributed by atoms with Gasteiger partial charge < -0.3 is 14.9 Å². The maximum absolute atomic E-state index is 5.89. The molecule has 0 aliphatic heterocycles. The number of amidine groups is 1. The Labute approximate surface area is 141 Å². The van der Waals surface area contributed by atoms with Crippen LogP contribution in [0.25, 0.3) is 0 Å². The number of hydrogen-bond donors (Lipinski definition) is 2. The van der Waals surface area contributed by atoms with Crippen LogP contribution < -0.4 is 21.4 Å². The number of aromatic nitrogens is 2. The van der Waals surface area contributed by atoms with Gasteiger partial charge in [0.1, 0.15) is 11.6 Å². The number of hydrogen-bond acceptors (Lipinski definition) is 7. The number of anilines is 1. The number of unbranched alkanes of at least 4 members (excludes halogenated alkanes) is 1. The summed E-state index contributed by atoms with van der Waals surface area (Å²) in [5.74, 6) is 8.38. The van der Waals surface area contributed by atoms with Gasteiger partial charge in [0.2, 0.25) is 11.8 Å². The number of aryl methyl sites for hydroxylation is 3. The van der Waals surface area contributed by atoms with Crippen molar-refractivity contribution >= 4 is 11.5 Å². The second kappa shape index (κ2) is 8.30. The number of ether oxygens (including phenoxy) is 1. The van der Waals surface area contributed by atoms with Crippen LogP contribution in [-0.4, -0.2) is 23.1 Å². The Morgan fingerprint density at radius 3 is 2.67 bits per heavy atom. The van der Waals surface area contributed by atoms with E-state index in [0.29, 0.717) is 17.6 Å². The molecule has 0 unspecified atom stereocenters. The number of rotatable bonds is 8. The minimum Gasteiger partial charge on any atom is -0.496 e. The lowest BCUT2D eigenvalue weighted by atomic mass is 10.1. The first-order valence-electron chi connectivity index (χ1n) is 7.81. The Morgan fingerprint density at radius 1 is 1.29 bits per heavy atom. The third-order valence-corrected chi connectivity index (χ3v) is 3.45. The summed E-state index contributed by atoms with van der Waals surface area (Å²) in [5.41, 5.74) is 7.38. The fourth-order valence-corrected chi connectivity index (χ4v) is 2.36. The molecule has 1 aromatic heterocycles. The second-order valence-corrected chi connectivity index (χ2v) is 5.50. The van der Waals surface area contributed by atoms with E-state index >= 15 is 0 Å².